The first-order valence-electron chi connectivity index (χ1n) is 9.39. The van der Waals surface area contributed by atoms with E-state index in [9.17, 15) is 8.78 Å². The van der Waals surface area contributed by atoms with E-state index in [1.165, 1.54) is 12.1 Å². The Morgan fingerprint density at radius 3 is 2.27 bits per heavy atom. The van der Waals surface area contributed by atoms with Gasteiger partial charge in [-0.2, -0.15) is 5.10 Å². The number of fused-ring (bicyclic) bond motifs is 2. The molecule has 1 fully saturated rings. The number of hydrogen-bond donors (Lipinski definition) is 1. The molecule has 5 rings (SSSR count). The van der Waals surface area contributed by atoms with Crippen LogP contribution >= 0.6 is 24.8 Å². The summed E-state index contributed by atoms with van der Waals surface area (Å²) in [5.74, 6) is 0.109. The average molecular weight is 452 g/mol. The minimum Gasteiger partial charge on any atom is -0.317 e. The highest BCUT2D eigenvalue weighted by molar-refractivity contribution is 5.89. The Hall–Kier alpha value is -2.35. The third-order valence-corrected chi connectivity index (χ3v) is 5.37. The van der Waals surface area contributed by atoms with Crippen LogP contribution in [-0.4, -0.2) is 32.8 Å². The van der Waals surface area contributed by atoms with Crippen molar-refractivity contribution in [3.63, 3.8) is 0 Å². The van der Waals surface area contributed by atoms with Crippen LogP contribution in [0.25, 0.3) is 32.9 Å². The second-order valence-electron chi connectivity index (χ2n) is 7.35. The highest BCUT2D eigenvalue weighted by Gasteiger charge is 2.19. The van der Waals surface area contributed by atoms with E-state index >= 15 is 0 Å². The van der Waals surface area contributed by atoms with E-state index in [1.54, 1.807) is 24.1 Å². The number of hydrogen-bond acceptors (Lipinski definition) is 4. The van der Waals surface area contributed by atoms with Crippen molar-refractivity contribution < 1.29 is 8.78 Å². The van der Waals surface area contributed by atoms with Gasteiger partial charge in [0.2, 0.25) is 0 Å². The Bertz CT molecular complexity index is 1210. The second-order valence-corrected chi connectivity index (χ2v) is 7.35. The molecule has 0 aliphatic carbocycles. The Morgan fingerprint density at radius 1 is 0.933 bits per heavy atom. The number of nitrogens with zero attached hydrogens (tertiary/aromatic N) is 4. The lowest BCUT2D eigenvalue weighted by molar-refractivity contribution is 0.445. The Balaban J connectivity index is 0.00000128. The molecule has 0 unspecified atom stereocenters. The SMILES string of the molecule is Cl.Cl.Cn1cc2cc(-c3cc(F)c4nc(C5CCNCC5)ncc4c3)cc(F)c2n1. The molecule has 0 amide bonds. The van der Waals surface area contributed by atoms with Gasteiger partial charge in [0.15, 0.2) is 5.82 Å². The average Bonchev–Trinajstić information content (AvgIpc) is 3.09. The molecule has 0 saturated carbocycles. The first-order chi connectivity index (χ1) is 13.6. The summed E-state index contributed by atoms with van der Waals surface area (Å²) in [6.45, 7) is 1.85. The molecule has 158 valence electrons. The van der Waals surface area contributed by atoms with Gasteiger partial charge in [0.25, 0.3) is 0 Å². The smallest absolute Gasteiger partial charge is 0.151 e. The molecule has 0 atom stereocenters. The number of aryl methyl sites for hydroxylation is 1. The fraction of sp³-hybridized carbons (Fsp3) is 0.286. The van der Waals surface area contributed by atoms with Gasteiger partial charge in [0.1, 0.15) is 22.7 Å². The number of rotatable bonds is 2. The van der Waals surface area contributed by atoms with Crippen LogP contribution in [0.4, 0.5) is 8.78 Å². The number of nitrogens with one attached hydrogen (secondary N) is 1. The number of halogens is 4. The molecular formula is C21H21Cl2F2N5. The topological polar surface area (TPSA) is 55.6 Å². The number of benzene rings is 2. The van der Waals surface area contributed by atoms with Crippen molar-refractivity contribution >= 4 is 46.6 Å². The van der Waals surface area contributed by atoms with Gasteiger partial charge in [-0.15, -0.1) is 24.8 Å². The third-order valence-electron chi connectivity index (χ3n) is 5.37. The van der Waals surface area contributed by atoms with E-state index < -0.39 is 11.6 Å². The monoisotopic (exact) mass is 451 g/mol. The normalized spacial score (nSPS) is 14.5. The molecule has 3 heterocycles. The Morgan fingerprint density at radius 2 is 1.57 bits per heavy atom. The summed E-state index contributed by atoms with van der Waals surface area (Å²) in [5.41, 5.74) is 1.81. The predicted molar refractivity (Wildman–Crippen MR) is 119 cm³/mol. The largest absolute Gasteiger partial charge is 0.317 e. The van der Waals surface area contributed by atoms with Crippen LogP contribution in [-0.2, 0) is 7.05 Å². The molecular weight excluding hydrogens is 431 g/mol. The first kappa shape index (κ1) is 22.3. The standard InChI is InChI=1S/C21H19F2N5.2ClH/c1-28-11-16-7-14(9-18(23)20(16)27-28)13-6-15-10-25-21(12-2-4-24-5-3-12)26-19(15)17(22)8-13;;/h6-12,24H,2-5H2,1H3;2*1H. The molecule has 1 saturated heterocycles. The molecule has 0 bridgehead atoms. The van der Waals surface area contributed by atoms with Crippen molar-refractivity contribution in [2.75, 3.05) is 13.1 Å². The molecule has 9 heteroatoms. The van der Waals surface area contributed by atoms with Crippen LogP contribution in [0.5, 0.6) is 0 Å². The van der Waals surface area contributed by atoms with E-state index in [2.05, 4.69) is 20.4 Å². The minimum atomic E-state index is -0.425. The first-order valence-corrected chi connectivity index (χ1v) is 9.39. The maximum absolute atomic E-state index is 14.9. The number of piperidine rings is 1. The fourth-order valence-corrected chi connectivity index (χ4v) is 3.94. The summed E-state index contributed by atoms with van der Waals surface area (Å²) >= 11 is 0. The number of aromatic nitrogens is 4. The Kier molecular flexibility index (Phi) is 6.55. The van der Waals surface area contributed by atoms with Crippen LogP contribution < -0.4 is 5.32 Å². The van der Waals surface area contributed by atoms with E-state index in [4.69, 9.17) is 0 Å². The molecule has 30 heavy (non-hydrogen) atoms. The molecule has 4 aromatic rings. The summed E-state index contributed by atoms with van der Waals surface area (Å²) in [5, 5.41) is 8.71. The van der Waals surface area contributed by atoms with Crippen LogP contribution in [0.15, 0.2) is 36.7 Å². The molecule has 2 aromatic carbocycles. The van der Waals surface area contributed by atoms with Crippen LogP contribution in [0.1, 0.15) is 24.6 Å². The molecule has 0 radical (unpaired) electrons. The van der Waals surface area contributed by atoms with Gasteiger partial charge in [-0.05, 0) is 61.3 Å². The van der Waals surface area contributed by atoms with E-state index in [1.807, 2.05) is 12.1 Å². The van der Waals surface area contributed by atoms with E-state index in [0.29, 0.717) is 38.8 Å². The quantitative estimate of drug-likeness (QED) is 0.476. The minimum absolute atomic E-state index is 0. The molecule has 1 aliphatic heterocycles. The lowest BCUT2D eigenvalue weighted by Crippen LogP contribution is -2.27. The Labute approximate surface area is 184 Å². The maximum atomic E-state index is 14.9. The van der Waals surface area contributed by atoms with Crippen molar-refractivity contribution in [3.8, 4) is 11.1 Å². The van der Waals surface area contributed by atoms with Gasteiger partial charge in [-0.1, -0.05) is 0 Å². The zero-order chi connectivity index (χ0) is 19.3. The molecule has 5 nitrogen and oxygen atoms in total. The fourth-order valence-electron chi connectivity index (χ4n) is 3.94. The van der Waals surface area contributed by atoms with Gasteiger partial charge in [0.05, 0.1) is 0 Å². The van der Waals surface area contributed by atoms with Gasteiger partial charge in [-0.3, -0.25) is 4.68 Å². The van der Waals surface area contributed by atoms with Gasteiger partial charge < -0.3 is 5.32 Å². The summed E-state index contributed by atoms with van der Waals surface area (Å²) in [6, 6.07) is 6.43. The third kappa shape index (κ3) is 3.97. The zero-order valence-electron chi connectivity index (χ0n) is 16.2. The second kappa shape index (κ2) is 8.79. The summed E-state index contributed by atoms with van der Waals surface area (Å²) < 4.78 is 30.9. The van der Waals surface area contributed by atoms with Gasteiger partial charge in [-0.25, -0.2) is 18.7 Å². The van der Waals surface area contributed by atoms with E-state index in [0.717, 1.165) is 25.9 Å². The van der Waals surface area contributed by atoms with Crippen molar-refractivity contribution in [3.05, 3.63) is 54.1 Å². The molecule has 1 aliphatic rings. The zero-order valence-corrected chi connectivity index (χ0v) is 17.9. The van der Waals surface area contributed by atoms with Gasteiger partial charge in [0, 0.05) is 36.1 Å². The van der Waals surface area contributed by atoms with Crippen molar-refractivity contribution in [2.45, 2.75) is 18.8 Å². The lowest BCUT2D eigenvalue weighted by atomic mass is 9.97. The van der Waals surface area contributed by atoms with Crippen molar-refractivity contribution in [2.24, 2.45) is 7.05 Å². The molecule has 2 aromatic heterocycles. The maximum Gasteiger partial charge on any atom is 0.151 e. The highest BCUT2D eigenvalue weighted by Crippen LogP contribution is 2.31. The van der Waals surface area contributed by atoms with E-state index in [-0.39, 0.29) is 30.7 Å². The summed E-state index contributed by atoms with van der Waals surface area (Å²) in [4.78, 5) is 8.99. The molecule has 1 N–H and O–H groups in total. The van der Waals surface area contributed by atoms with Gasteiger partial charge >= 0.3 is 0 Å². The predicted octanol–water partition coefficient (Wildman–Crippen LogP) is 4.77. The lowest BCUT2D eigenvalue weighted by Gasteiger charge is -2.21. The molecule has 0 spiro atoms. The summed E-state index contributed by atoms with van der Waals surface area (Å²) in [6.07, 6.45) is 5.32. The van der Waals surface area contributed by atoms with Crippen LogP contribution in [0.3, 0.4) is 0 Å². The van der Waals surface area contributed by atoms with Crippen LogP contribution in [0.2, 0.25) is 0 Å². The van der Waals surface area contributed by atoms with Crippen molar-refractivity contribution in [1.82, 2.24) is 25.1 Å². The van der Waals surface area contributed by atoms with Crippen molar-refractivity contribution in [1.29, 1.82) is 0 Å². The van der Waals surface area contributed by atoms with Crippen LogP contribution in [0, 0.1) is 11.6 Å². The summed E-state index contributed by atoms with van der Waals surface area (Å²) in [7, 11) is 1.74. The highest BCUT2D eigenvalue weighted by atomic mass is 35.5.